The molecule has 0 aliphatic rings. The van der Waals surface area contributed by atoms with Crippen molar-refractivity contribution in [2.45, 2.75) is 13.0 Å². The van der Waals surface area contributed by atoms with Crippen molar-refractivity contribution in [1.29, 1.82) is 0 Å². The maximum absolute atomic E-state index is 14.0. The summed E-state index contributed by atoms with van der Waals surface area (Å²) in [4.78, 5) is 29.4. The summed E-state index contributed by atoms with van der Waals surface area (Å²) in [6, 6.07) is 12.5. The van der Waals surface area contributed by atoms with Crippen LogP contribution in [0.5, 0.6) is 5.75 Å². The van der Waals surface area contributed by atoms with E-state index in [1.165, 1.54) is 36.9 Å². The third-order valence-electron chi connectivity index (χ3n) is 4.60. The van der Waals surface area contributed by atoms with Crippen LogP contribution in [-0.4, -0.2) is 29.2 Å². The molecule has 9 heteroatoms. The Labute approximate surface area is 183 Å². The van der Waals surface area contributed by atoms with Crippen LogP contribution in [0.3, 0.4) is 0 Å². The van der Waals surface area contributed by atoms with Gasteiger partial charge in [-0.2, -0.15) is 0 Å². The Kier molecular flexibility index (Phi) is 6.91. The zero-order valence-corrected chi connectivity index (χ0v) is 17.9. The second-order valence-corrected chi connectivity index (χ2v) is 6.96. The van der Waals surface area contributed by atoms with Gasteiger partial charge in [0.05, 0.1) is 19.8 Å². The van der Waals surface area contributed by atoms with Gasteiger partial charge in [-0.25, -0.2) is 14.2 Å². The minimum Gasteiger partial charge on any atom is -0.489 e. The summed E-state index contributed by atoms with van der Waals surface area (Å²) >= 11 is 6.36. The van der Waals surface area contributed by atoms with Crippen molar-refractivity contribution in [2.24, 2.45) is 7.05 Å². The van der Waals surface area contributed by atoms with E-state index >= 15 is 0 Å². The van der Waals surface area contributed by atoms with E-state index < -0.39 is 23.4 Å². The molecule has 2 aromatic carbocycles. The Morgan fingerprint density at radius 1 is 1.26 bits per heavy atom. The number of ether oxygens (including phenoxy) is 2. The first kappa shape index (κ1) is 22.3. The van der Waals surface area contributed by atoms with Crippen LogP contribution >= 0.6 is 11.6 Å². The quantitative estimate of drug-likeness (QED) is 0.554. The fraction of sp³-hybridized carbons (Fsp3) is 0.227. The number of hydrogen-bond acceptors (Lipinski definition) is 6. The SMILES string of the molecule is CCOC(=O)c1nc(NC(c2ccccc2)c2cc(F)ccc2Cl)n(C)c(=O)c1OC. The first-order valence-electron chi connectivity index (χ1n) is 9.45. The van der Waals surface area contributed by atoms with E-state index in [9.17, 15) is 14.0 Å². The van der Waals surface area contributed by atoms with Crippen molar-refractivity contribution in [3.8, 4) is 5.75 Å². The molecule has 0 aliphatic carbocycles. The molecule has 0 bridgehead atoms. The predicted octanol–water partition coefficient (Wildman–Crippen LogP) is 3.96. The zero-order chi connectivity index (χ0) is 22.5. The number of aromatic nitrogens is 2. The Bertz CT molecular complexity index is 1150. The Balaban J connectivity index is 2.17. The number of rotatable bonds is 7. The maximum atomic E-state index is 14.0. The number of nitrogens with zero attached hydrogens (tertiary/aromatic N) is 2. The summed E-state index contributed by atoms with van der Waals surface area (Å²) in [7, 11) is 2.75. The van der Waals surface area contributed by atoms with Crippen LogP contribution in [-0.2, 0) is 11.8 Å². The molecule has 1 atom stereocenters. The standard InChI is InChI=1S/C22H21ClFN3O4/c1-4-31-21(29)18-19(30-3)20(28)27(2)22(26-18)25-17(13-8-6-5-7-9-13)15-12-14(24)10-11-16(15)23/h5-12,17H,4H2,1-3H3,(H,25,26). The lowest BCUT2D eigenvalue weighted by Crippen LogP contribution is -2.28. The molecular formula is C22H21ClFN3O4. The van der Waals surface area contributed by atoms with Gasteiger partial charge in [0.25, 0.3) is 5.56 Å². The van der Waals surface area contributed by atoms with Gasteiger partial charge in [0.1, 0.15) is 5.82 Å². The number of carbonyl (C=O) groups is 1. The second-order valence-electron chi connectivity index (χ2n) is 6.56. The molecule has 0 saturated heterocycles. The molecule has 7 nitrogen and oxygen atoms in total. The van der Waals surface area contributed by atoms with E-state index in [0.717, 1.165) is 5.56 Å². The summed E-state index contributed by atoms with van der Waals surface area (Å²) in [5.41, 5.74) is 0.348. The van der Waals surface area contributed by atoms with Crippen molar-refractivity contribution in [3.63, 3.8) is 0 Å². The Morgan fingerprint density at radius 3 is 2.61 bits per heavy atom. The summed E-state index contributed by atoms with van der Waals surface area (Å²) in [6.07, 6.45) is 0. The summed E-state index contributed by atoms with van der Waals surface area (Å²) in [5.74, 6) is -1.43. The van der Waals surface area contributed by atoms with Gasteiger partial charge in [0.15, 0.2) is 5.69 Å². The van der Waals surface area contributed by atoms with E-state index in [2.05, 4.69) is 10.3 Å². The monoisotopic (exact) mass is 445 g/mol. The number of carbonyl (C=O) groups excluding carboxylic acids is 1. The highest BCUT2D eigenvalue weighted by Crippen LogP contribution is 2.32. The number of esters is 1. The number of nitrogens with one attached hydrogen (secondary N) is 1. The molecule has 1 unspecified atom stereocenters. The molecule has 1 N–H and O–H groups in total. The van der Waals surface area contributed by atoms with E-state index in [4.69, 9.17) is 21.1 Å². The lowest BCUT2D eigenvalue weighted by atomic mass is 9.98. The zero-order valence-electron chi connectivity index (χ0n) is 17.2. The molecular weight excluding hydrogens is 425 g/mol. The highest BCUT2D eigenvalue weighted by atomic mass is 35.5. The number of halogens is 2. The number of benzene rings is 2. The van der Waals surface area contributed by atoms with Gasteiger partial charge in [-0.3, -0.25) is 9.36 Å². The molecule has 0 spiro atoms. The molecule has 3 aromatic rings. The van der Waals surface area contributed by atoms with Gasteiger partial charge in [-0.1, -0.05) is 41.9 Å². The first-order valence-corrected chi connectivity index (χ1v) is 9.83. The van der Waals surface area contributed by atoms with Crippen molar-refractivity contribution in [2.75, 3.05) is 19.0 Å². The Morgan fingerprint density at radius 2 is 1.97 bits per heavy atom. The van der Waals surface area contributed by atoms with Crippen LogP contribution in [0.25, 0.3) is 0 Å². The topological polar surface area (TPSA) is 82.5 Å². The molecule has 1 aromatic heterocycles. The molecule has 0 saturated carbocycles. The van der Waals surface area contributed by atoms with Crippen molar-refractivity contribution >= 4 is 23.5 Å². The van der Waals surface area contributed by atoms with E-state index in [1.54, 1.807) is 6.92 Å². The molecule has 0 radical (unpaired) electrons. The van der Waals surface area contributed by atoms with E-state index in [1.807, 2.05) is 30.3 Å². The van der Waals surface area contributed by atoms with Crippen LogP contribution in [0.2, 0.25) is 5.02 Å². The lowest BCUT2D eigenvalue weighted by molar-refractivity contribution is 0.0514. The number of methoxy groups -OCH3 is 1. The van der Waals surface area contributed by atoms with Crippen molar-refractivity contribution < 1.29 is 18.7 Å². The summed E-state index contributed by atoms with van der Waals surface area (Å²) in [6.45, 7) is 1.75. The largest absolute Gasteiger partial charge is 0.489 e. The van der Waals surface area contributed by atoms with Crippen molar-refractivity contribution in [1.82, 2.24) is 9.55 Å². The lowest BCUT2D eigenvalue weighted by Gasteiger charge is -2.23. The van der Waals surface area contributed by atoms with Gasteiger partial charge in [0, 0.05) is 17.6 Å². The van der Waals surface area contributed by atoms with E-state index in [-0.39, 0.29) is 24.0 Å². The van der Waals surface area contributed by atoms with Crippen LogP contribution < -0.4 is 15.6 Å². The van der Waals surface area contributed by atoms with Crippen LogP contribution in [0.4, 0.5) is 10.3 Å². The minimum absolute atomic E-state index is 0.0584. The third kappa shape index (κ3) is 4.69. The van der Waals surface area contributed by atoms with Crippen LogP contribution in [0.1, 0.15) is 34.6 Å². The maximum Gasteiger partial charge on any atom is 0.361 e. The molecule has 0 amide bonds. The highest BCUT2D eigenvalue weighted by Gasteiger charge is 2.25. The number of hydrogen-bond donors (Lipinski definition) is 1. The second kappa shape index (κ2) is 9.61. The van der Waals surface area contributed by atoms with Gasteiger partial charge in [-0.15, -0.1) is 0 Å². The van der Waals surface area contributed by atoms with Gasteiger partial charge >= 0.3 is 5.97 Å². The first-order chi connectivity index (χ1) is 14.9. The fourth-order valence-electron chi connectivity index (χ4n) is 3.08. The normalized spacial score (nSPS) is 11.6. The summed E-state index contributed by atoms with van der Waals surface area (Å²) < 4.78 is 25.3. The molecule has 3 rings (SSSR count). The molecule has 0 fully saturated rings. The fourth-order valence-corrected chi connectivity index (χ4v) is 3.31. The Hall–Kier alpha value is -3.39. The molecule has 31 heavy (non-hydrogen) atoms. The van der Waals surface area contributed by atoms with E-state index in [0.29, 0.717) is 10.6 Å². The van der Waals surface area contributed by atoms with Crippen molar-refractivity contribution in [3.05, 3.63) is 86.5 Å². The van der Waals surface area contributed by atoms with Gasteiger partial charge in [0.2, 0.25) is 11.7 Å². The van der Waals surface area contributed by atoms with Gasteiger partial charge in [-0.05, 0) is 30.7 Å². The molecule has 162 valence electrons. The van der Waals surface area contributed by atoms with Crippen LogP contribution in [0.15, 0.2) is 53.3 Å². The number of anilines is 1. The van der Waals surface area contributed by atoms with Crippen LogP contribution in [0, 0.1) is 5.82 Å². The van der Waals surface area contributed by atoms with Gasteiger partial charge < -0.3 is 14.8 Å². The molecule has 0 aliphatic heterocycles. The summed E-state index contributed by atoms with van der Waals surface area (Å²) in [5, 5.41) is 3.44. The molecule has 1 heterocycles. The predicted molar refractivity (Wildman–Crippen MR) is 115 cm³/mol. The average molecular weight is 446 g/mol. The smallest absolute Gasteiger partial charge is 0.361 e. The minimum atomic E-state index is -0.792. The highest BCUT2D eigenvalue weighted by molar-refractivity contribution is 6.31. The average Bonchev–Trinajstić information content (AvgIpc) is 2.77. The third-order valence-corrected chi connectivity index (χ3v) is 4.94.